The number of hydrogen-bond acceptors (Lipinski definition) is 5. The van der Waals surface area contributed by atoms with Crippen LogP contribution in [-0.4, -0.2) is 56.0 Å². The van der Waals surface area contributed by atoms with Gasteiger partial charge in [-0.3, -0.25) is 9.59 Å². The van der Waals surface area contributed by atoms with Gasteiger partial charge >= 0.3 is 0 Å². The predicted octanol–water partition coefficient (Wildman–Crippen LogP) is 1.69. The fraction of sp³-hybridized carbons (Fsp3) is 0.391. The number of hydrogen-bond donors (Lipinski definition) is 2. The van der Waals surface area contributed by atoms with Crippen LogP contribution in [0.4, 0.5) is 5.69 Å². The summed E-state index contributed by atoms with van der Waals surface area (Å²) in [6.45, 7) is 3.87. The average molecular weight is 411 g/mol. The van der Waals surface area contributed by atoms with Crippen LogP contribution in [0.1, 0.15) is 17.5 Å². The molecule has 0 bridgehead atoms. The SMILES string of the molecule is COc1cccc(CNC(=O)CN(CC(=O)N2CCC(N)C2)c2cccc(C)c2)c1. The molecular formula is C23H30N4O3. The maximum atomic E-state index is 12.8. The second kappa shape index (κ2) is 10.1. The topological polar surface area (TPSA) is 87.9 Å². The number of methoxy groups -OCH3 is 1. The largest absolute Gasteiger partial charge is 0.497 e. The van der Waals surface area contributed by atoms with Crippen molar-refractivity contribution in [3.8, 4) is 5.75 Å². The van der Waals surface area contributed by atoms with Crippen LogP contribution < -0.4 is 20.7 Å². The van der Waals surface area contributed by atoms with E-state index in [4.69, 9.17) is 10.5 Å². The van der Waals surface area contributed by atoms with Crippen molar-refractivity contribution < 1.29 is 14.3 Å². The van der Waals surface area contributed by atoms with Gasteiger partial charge in [-0.15, -0.1) is 0 Å². The van der Waals surface area contributed by atoms with Crippen LogP contribution >= 0.6 is 0 Å². The minimum atomic E-state index is -0.148. The summed E-state index contributed by atoms with van der Waals surface area (Å²) in [6, 6.07) is 15.4. The van der Waals surface area contributed by atoms with Gasteiger partial charge in [0.2, 0.25) is 11.8 Å². The maximum absolute atomic E-state index is 12.8. The summed E-state index contributed by atoms with van der Waals surface area (Å²) in [5.74, 6) is 0.591. The highest BCUT2D eigenvalue weighted by atomic mass is 16.5. The Morgan fingerprint density at radius 2 is 2.00 bits per heavy atom. The van der Waals surface area contributed by atoms with Gasteiger partial charge in [0.1, 0.15) is 5.75 Å². The first-order chi connectivity index (χ1) is 14.4. The molecule has 1 atom stereocenters. The predicted molar refractivity (Wildman–Crippen MR) is 117 cm³/mol. The molecule has 3 rings (SSSR count). The number of carbonyl (C=O) groups is 2. The van der Waals surface area contributed by atoms with Crippen molar-refractivity contribution in [2.75, 3.05) is 38.2 Å². The zero-order valence-corrected chi connectivity index (χ0v) is 17.6. The minimum Gasteiger partial charge on any atom is -0.497 e. The number of rotatable bonds is 8. The van der Waals surface area contributed by atoms with Crippen molar-refractivity contribution in [1.82, 2.24) is 10.2 Å². The number of ether oxygens (including phenoxy) is 1. The molecule has 1 aliphatic rings. The molecule has 1 unspecified atom stereocenters. The molecule has 1 aliphatic heterocycles. The van der Waals surface area contributed by atoms with Gasteiger partial charge in [0.15, 0.2) is 0 Å². The van der Waals surface area contributed by atoms with Gasteiger partial charge < -0.3 is 25.6 Å². The summed E-state index contributed by atoms with van der Waals surface area (Å²) < 4.78 is 5.22. The zero-order valence-electron chi connectivity index (χ0n) is 17.6. The lowest BCUT2D eigenvalue weighted by molar-refractivity contribution is -0.128. The van der Waals surface area contributed by atoms with Crippen molar-refractivity contribution in [1.29, 1.82) is 0 Å². The number of aryl methyl sites for hydroxylation is 1. The third-order valence-corrected chi connectivity index (χ3v) is 5.23. The molecule has 7 heteroatoms. The Kier molecular flexibility index (Phi) is 7.30. The van der Waals surface area contributed by atoms with Gasteiger partial charge in [-0.2, -0.15) is 0 Å². The number of amides is 2. The van der Waals surface area contributed by atoms with Crippen LogP contribution in [-0.2, 0) is 16.1 Å². The van der Waals surface area contributed by atoms with E-state index >= 15 is 0 Å². The Bertz CT molecular complexity index is 886. The van der Waals surface area contributed by atoms with Crippen LogP contribution in [0.5, 0.6) is 5.75 Å². The van der Waals surface area contributed by atoms with Crippen molar-refractivity contribution in [3.05, 3.63) is 59.7 Å². The summed E-state index contributed by atoms with van der Waals surface area (Å²) in [6.07, 6.45) is 0.817. The van der Waals surface area contributed by atoms with Crippen molar-refractivity contribution in [3.63, 3.8) is 0 Å². The Balaban J connectivity index is 1.65. The van der Waals surface area contributed by atoms with Crippen molar-refractivity contribution in [2.45, 2.75) is 25.9 Å². The number of nitrogens with zero attached hydrogens (tertiary/aromatic N) is 2. The lowest BCUT2D eigenvalue weighted by Gasteiger charge is -2.26. The number of nitrogens with one attached hydrogen (secondary N) is 1. The summed E-state index contributed by atoms with van der Waals surface area (Å²) >= 11 is 0. The molecule has 1 heterocycles. The van der Waals surface area contributed by atoms with Crippen LogP contribution in [0.3, 0.4) is 0 Å². The van der Waals surface area contributed by atoms with E-state index in [9.17, 15) is 9.59 Å². The smallest absolute Gasteiger partial charge is 0.242 e. The summed E-state index contributed by atoms with van der Waals surface area (Å²) in [7, 11) is 1.61. The van der Waals surface area contributed by atoms with Crippen molar-refractivity contribution >= 4 is 17.5 Å². The van der Waals surface area contributed by atoms with Gasteiger partial charge in [0, 0.05) is 31.4 Å². The molecule has 0 spiro atoms. The third kappa shape index (κ3) is 5.97. The Hall–Kier alpha value is -3.06. The number of anilines is 1. The first kappa shape index (κ1) is 21.6. The van der Waals surface area contributed by atoms with Crippen LogP contribution in [0.2, 0.25) is 0 Å². The van der Waals surface area contributed by atoms with E-state index in [1.807, 2.05) is 60.4 Å². The highest BCUT2D eigenvalue weighted by molar-refractivity contribution is 5.86. The third-order valence-electron chi connectivity index (χ3n) is 5.23. The standard InChI is InChI=1S/C23H30N4O3/c1-17-5-3-7-20(11-17)27(16-23(29)26-10-9-19(24)14-26)15-22(28)25-13-18-6-4-8-21(12-18)30-2/h3-8,11-12,19H,9-10,13-16,24H2,1-2H3,(H,25,28). The van der Waals surface area contributed by atoms with E-state index in [0.29, 0.717) is 19.6 Å². The van der Waals surface area contributed by atoms with Crippen LogP contribution in [0, 0.1) is 6.92 Å². The first-order valence-electron chi connectivity index (χ1n) is 10.2. The summed E-state index contributed by atoms with van der Waals surface area (Å²) in [4.78, 5) is 29.0. The van der Waals surface area contributed by atoms with Gasteiger partial charge in [0.05, 0.1) is 20.2 Å². The summed E-state index contributed by atoms with van der Waals surface area (Å²) in [5, 5.41) is 2.93. The van der Waals surface area contributed by atoms with E-state index in [0.717, 1.165) is 29.0 Å². The first-order valence-corrected chi connectivity index (χ1v) is 10.2. The Labute approximate surface area is 177 Å². The van der Waals surface area contributed by atoms with Gasteiger partial charge in [0.25, 0.3) is 0 Å². The Morgan fingerprint density at radius 3 is 2.70 bits per heavy atom. The highest BCUT2D eigenvalue weighted by Crippen LogP contribution is 2.17. The molecule has 2 aromatic rings. The molecule has 2 aromatic carbocycles. The quantitative estimate of drug-likeness (QED) is 0.691. The molecule has 0 aromatic heterocycles. The highest BCUT2D eigenvalue weighted by Gasteiger charge is 2.25. The molecule has 30 heavy (non-hydrogen) atoms. The average Bonchev–Trinajstić information content (AvgIpc) is 3.18. The maximum Gasteiger partial charge on any atom is 0.242 e. The normalized spacial score (nSPS) is 15.7. The van der Waals surface area contributed by atoms with E-state index in [-0.39, 0.29) is 30.9 Å². The molecule has 7 nitrogen and oxygen atoms in total. The van der Waals surface area contributed by atoms with E-state index in [1.54, 1.807) is 12.0 Å². The zero-order chi connectivity index (χ0) is 21.5. The van der Waals surface area contributed by atoms with Gasteiger partial charge in [-0.1, -0.05) is 24.3 Å². The summed E-state index contributed by atoms with van der Waals surface area (Å²) in [5.41, 5.74) is 8.82. The fourth-order valence-electron chi connectivity index (χ4n) is 3.55. The van der Waals surface area contributed by atoms with E-state index in [1.165, 1.54) is 0 Å². The van der Waals surface area contributed by atoms with Crippen molar-refractivity contribution in [2.24, 2.45) is 5.73 Å². The monoisotopic (exact) mass is 410 g/mol. The minimum absolute atomic E-state index is 0.00921. The second-order valence-corrected chi connectivity index (χ2v) is 7.71. The molecule has 2 amide bonds. The molecule has 1 saturated heterocycles. The molecule has 3 N–H and O–H groups in total. The number of benzene rings is 2. The number of likely N-dealkylation sites (tertiary alicyclic amines) is 1. The van der Waals surface area contributed by atoms with Crippen LogP contribution in [0.25, 0.3) is 0 Å². The Morgan fingerprint density at radius 1 is 1.20 bits per heavy atom. The molecule has 0 radical (unpaired) electrons. The van der Waals surface area contributed by atoms with Crippen LogP contribution in [0.15, 0.2) is 48.5 Å². The fourth-order valence-corrected chi connectivity index (χ4v) is 3.55. The van der Waals surface area contributed by atoms with Gasteiger partial charge in [-0.05, 0) is 48.7 Å². The molecular weight excluding hydrogens is 380 g/mol. The molecule has 1 fully saturated rings. The number of carbonyl (C=O) groups excluding carboxylic acids is 2. The number of nitrogens with two attached hydrogens (primary N) is 1. The molecule has 160 valence electrons. The van der Waals surface area contributed by atoms with E-state index < -0.39 is 0 Å². The lowest BCUT2D eigenvalue weighted by atomic mass is 10.2. The molecule has 0 aliphatic carbocycles. The second-order valence-electron chi connectivity index (χ2n) is 7.71. The lowest BCUT2D eigenvalue weighted by Crippen LogP contribution is -2.44. The molecule has 0 saturated carbocycles. The van der Waals surface area contributed by atoms with E-state index in [2.05, 4.69) is 5.32 Å². The van der Waals surface area contributed by atoms with Gasteiger partial charge in [-0.25, -0.2) is 0 Å².